The van der Waals surface area contributed by atoms with Crippen molar-refractivity contribution in [1.82, 2.24) is 10.6 Å². The second-order valence-corrected chi connectivity index (χ2v) is 9.32. The lowest BCUT2D eigenvalue weighted by Gasteiger charge is -2.17. The third kappa shape index (κ3) is 18.4. The van der Waals surface area contributed by atoms with Crippen molar-refractivity contribution in [1.29, 1.82) is 0 Å². The van der Waals surface area contributed by atoms with Crippen LogP contribution in [0, 0.1) is 0 Å². The van der Waals surface area contributed by atoms with E-state index in [4.69, 9.17) is 31.3 Å². The van der Waals surface area contributed by atoms with Gasteiger partial charge in [-0.05, 0) is 17.2 Å². The van der Waals surface area contributed by atoms with Gasteiger partial charge < -0.3 is 37.4 Å². The zero-order valence-electron chi connectivity index (χ0n) is 15.8. The predicted molar refractivity (Wildman–Crippen MR) is 111 cm³/mol. The highest BCUT2D eigenvalue weighted by Gasteiger charge is 2.24. The maximum absolute atomic E-state index is 11.7. The molecule has 0 heterocycles. The van der Waals surface area contributed by atoms with Crippen LogP contribution in [0.15, 0.2) is 0 Å². The fraction of sp³-hybridized carbons (Fsp3) is 0.615. The lowest BCUT2D eigenvalue weighted by molar-refractivity contribution is -0.139. The summed E-state index contributed by atoms with van der Waals surface area (Å²) in [6.45, 7) is -0.758. The second-order valence-electron chi connectivity index (χ2n) is 5.55. The molecular formula is C13H24N4O11S3. The van der Waals surface area contributed by atoms with Crippen LogP contribution in [-0.2, 0) is 33.1 Å². The molecule has 0 saturated heterocycles. The molecule has 18 heteroatoms. The molecule has 180 valence electrons. The smallest absolute Gasteiger partial charge is 0.322 e. The number of nitrogens with one attached hydrogen (secondary N) is 2. The summed E-state index contributed by atoms with van der Waals surface area (Å²) in [5, 5.41) is 29.1. The van der Waals surface area contributed by atoms with Crippen LogP contribution >= 0.6 is 23.4 Å². The molecule has 0 aliphatic rings. The Morgan fingerprint density at radius 1 is 1.00 bits per heavy atom. The molecule has 3 unspecified atom stereocenters. The predicted octanol–water partition coefficient (Wildman–Crippen LogP) is -3.27. The van der Waals surface area contributed by atoms with Gasteiger partial charge in [0, 0.05) is 17.9 Å². The van der Waals surface area contributed by atoms with Gasteiger partial charge in [0.1, 0.15) is 24.7 Å². The van der Waals surface area contributed by atoms with Gasteiger partial charge in [0.2, 0.25) is 11.8 Å². The standard InChI is InChI=1S/C10H17N3O9S2.C3H7NO2S/c11-5(10(18)19)1-2-7(14)13-6(4-23-24(20,21)22)9(17)12-3-8(15)16;4-2(1-7)3(5)6/h5-6H,1-4,11H2,(H,12,17)(H,13,14)(H,15,16)(H,18,19)(H,20,21,22);2,7H,1,4H2,(H,5,6). The van der Waals surface area contributed by atoms with Crippen LogP contribution < -0.4 is 22.1 Å². The first-order valence-corrected chi connectivity index (χ1v) is 11.7. The number of carbonyl (C=O) groups is 5. The summed E-state index contributed by atoms with van der Waals surface area (Å²) < 4.78 is 30.0. The topological polar surface area (TPSA) is 277 Å². The SMILES string of the molecule is NC(CCC(=O)NC(CSS(=O)(=O)O)C(=O)NCC(=O)O)C(=O)O.NC(CS)C(=O)O. The molecule has 2 amide bonds. The van der Waals surface area contributed by atoms with E-state index in [9.17, 15) is 32.4 Å². The number of rotatable bonds is 13. The Kier molecular flexibility index (Phi) is 15.7. The van der Waals surface area contributed by atoms with Gasteiger partial charge in [-0.15, -0.1) is 0 Å². The molecule has 0 bridgehead atoms. The minimum atomic E-state index is -4.49. The number of thiol groups is 1. The van der Waals surface area contributed by atoms with Crippen molar-refractivity contribution in [3.05, 3.63) is 0 Å². The zero-order chi connectivity index (χ0) is 24.8. The third-order valence-electron chi connectivity index (χ3n) is 2.96. The van der Waals surface area contributed by atoms with Gasteiger partial charge in [-0.1, -0.05) is 0 Å². The van der Waals surface area contributed by atoms with E-state index >= 15 is 0 Å². The van der Waals surface area contributed by atoms with E-state index in [0.29, 0.717) is 0 Å². The van der Waals surface area contributed by atoms with Gasteiger partial charge in [-0.3, -0.25) is 28.5 Å². The molecule has 0 radical (unpaired) electrons. The Morgan fingerprint density at radius 2 is 1.52 bits per heavy atom. The molecule has 0 aromatic rings. The van der Waals surface area contributed by atoms with Crippen LogP contribution in [0.1, 0.15) is 12.8 Å². The molecular weight excluding hydrogens is 484 g/mol. The number of nitrogens with two attached hydrogens (primary N) is 2. The van der Waals surface area contributed by atoms with E-state index in [1.54, 1.807) is 0 Å². The largest absolute Gasteiger partial charge is 0.480 e. The Bertz CT molecular complexity index is 747. The van der Waals surface area contributed by atoms with Crippen LogP contribution in [0.3, 0.4) is 0 Å². The summed E-state index contributed by atoms with van der Waals surface area (Å²) in [4.78, 5) is 54.1. The number of hydrogen-bond donors (Lipinski definition) is 9. The number of carbonyl (C=O) groups excluding carboxylic acids is 2. The maximum Gasteiger partial charge on any atom is 0.322 e. The highest BCUT2D eigenvalue weighted by molar-refractivity contribution is 8.69. The fourth-order valence-electron chi connectivity index (χ4n) is 1.38. The Balaban J connectivity index is 0. The number of aliphatic carboxylic acids is 3. The minimum absolute atomic E-state index is 0.0385. The van der Waals surface area contributed by atoms with Gasteiger partial charge in [0.25, 0.3) is 0 Å². The highest BCUT2D eigenvalue weighted by Crippen LogP contribution is 2.11. The van der Waals surface area contributed by atoms with Crippen molar-refractivity contribution in [2.45, 2.75) is 31.0 Å². The number of hydrogen-bond acceptors (Lipinski definition) is 11. The summed E-state index contributed by atoms with van der Waals surface area (Å²) >= 11 is 3.65. The number of carboxylic acids is 3. The molecule has 0 aliphatic heterocycles. The first-order chi connectivity index (χ1) is 14.1. The molecule has 0 rings (SSSR count). The van der Waals surface area contributed by atoms with Crippen LogP contribution in [0.25, 0.3) is 0 Å². The quantitative estimate of drug-likeness (QED) is 0.0670. The fourth-order valence-corrected chi connectivity index (χ4v) is 3.00. The second kappa shape index (κ2) is 15.6. The van der Waals surface area contributed by atoms with Crippen molar-refractivity contribution in [3.63, 3.8) is 0 Å². The van der Waals surface area contributed by atoms with E-state index in [0.717, 1.165) is 0 Å². The number of amides is 2. The molecule has 0 fully saturated rings. The molecule has 10 N–H and O–H groups in total. The molecule has 31 heavy (non-hydrogen) atoms. The molecule has 3 atom stereocenters. The van der Waals surface area contributed by atoms with E-state index in [1.165, 1.54) is 0 Å². The molecule has 0 aliphatic carbocycles. The first-order valence-electron chi connectivity index (χ1n) is 8.09. The molecule has 0 saturated carbocycles. The molecule has 0 aromatic carbocycles. The van der Waals surface area contributed by atoms with Gasteiger partial charge in [0.05, 0.1) is 0 Å². The van der Waals surface area contributed by atoms with Gasteiger partial charge in [0.15, 0.2) is 0 Å². The van der Waals surface area contributed by atoms with Gasteiger partial charge in [-0.25, -0.2) is 0 Å². The number of carboxylic acid groups (broad SMARTS) is 3. The van der Waals surface area contributed by atoms with E-state index < -0.39 is 69.3 Å². The average molecular weight is 509 g/mol. The summed E-state index contributed by atoms with van der Waals surface area (Å²) in [6, 6.07) is -3.56. The van der Waals surface area contributed by atoms with Crippen LogP contribution in [-0.4, -0.2) is 94.2 Å². The summed E-state index contributed by atoms with van der Waals surface area (Å²) in [7, 11) is -4.52. The highest BCUT2D eigenvalue weighted by atomic mass is 33.1. The zero-order valence-corrected chi connectivity index (χ0v) is 18.4. The summed E-state index contributed by atoms with van der Waals surface area (Å²) in [5.41, 5.74) is 10.2. The van der Waals surface area contributed by atoms with Crippen molar-refractivity contribution < 1.29 is 52.3 Å². The van der Waals surface area contributed by atoms with Gasteiger partial charge in [-0.2, -0.15) is 21.0 Å². The Hall–Kier alpha value is -2.12. The Labute approximate surface area is 185 Å². The molecule has 0 aromatic heterocycles. The first kappa shape index (κ1) is 31.1. The van der Waals surface area contributed by atoms with Crippen LogP contribution in [0.2, 0.25) is 0 Å². The van der Waals surface area contributed by atoms with Crippen LogP contribution in [0.5, 0.6) is 0 Å². The van der Waals surface area contributed by atoms with Crippen molar-refractivity contribution in [2.75, 3.05) is 18.1 Å². The lowest BCUT2D eigenvalue weighted by Crippen LogP contribution is -2.49. The van der Waals surface area contributed by atoms with Gasteiger partial charge >= 0.3 is 27.1 Å². The summed E-state index contributed by atoms with van der Waals surface area (Å²) in [5.74, 6) is -5.85. The lowest BCUT2D eigenvalue weighted by atomic mass is 10.1. The van der Waals surface area contributed by atoms with E-state index in [1.807, 2.05) is 5.32 Å². The van der Waals surface area contributed by atoms with Crippen LogP contribution in [0.4, 0.5) is 0 Å². The van der Waals surface area contributed by atoms with Crippen molar-refractivity contribution in [3.8, 4) is 0 Å². The third-order valence-corrected chi connectivity index (χ3v) is 5.43. The molecule has 0 spiro atoms. The van der Waals surface area contributed by atoms with Crippen molar-refractivity contribution in [2.24, 2.45) is 11.5 Å². The molecule has 15 nitrogen and oxygen atoms in total. The summed E-state index contributed by atoms with van der Waals surface area (Å²) in [6.07, 6.45) is -0.581. The van der Waals surface area contributed by atoms with Crippen molar-refractivity contribution >= 4 is 62.3 Å². The minimum Gasteiger partial charge on any atom is -0.480 e. The maximum atomic E-state index is 11.7. The van der Waals surface area contributed by atoms with E-state index in [2.05, 4.69) is 17.9 Å². The Morgan fingerprint density at radius 3 is 1.87 bits per heavy atom. The monoisotopic (exact) mass is 508 g/mol. The normalized spacial score (nSPS) is 13.5. The average Bonchev–Trinajstić information content (AvgIpc) is 2.66. The van der Waals surface area contributed by atoms with E-state index in [-0.39, 0.29) is 29.4 Å².